The Morgan fingerprint density at radius 2 is 1.91 bits per heavy atom. The number of benzene rings is 2. The Morgan fingerprint density at radius 3 is 2.56 bits per heavy atom. The number of hydrogen-bond donors (Lipinski definition) is 1. The minimum atomic E-state index is -0.691. The number of halogens is 1. The number of ether oxygens (including phenoxy) is 2. The molecule has 176 valence electrons. The number of amides is 2. The average Bonchev–Trinajstić information content (AvgIpc) is 3.09. The molecule has 0 spiro atoms. The lowest BCUT2D eigenvalue weighted by atomic mass is 9.99. The van der Waals surface area contributed by atoms with Crippen molar-refractivity contribution in [3.05, 3.63) is 76.7 Å². The maximum absolute atomic E-state index is 14.6. The largest absolute Gasteiger partial charge is 0.487 e. The van der Waals surface area contributed by atoms with Crippen LogP contribution in [0.5, 0.6) is 17.2 Å². The summed E-state index contributed by atoms with van der Waals surface area (Å²) >= 11 is 0. The van der Waals surface area contributed by atoms with Crippen molar-refractivity contribution in [3.8, 4) is 17.2 Å². The first-order valence-corrected chi connectivity index (χ1v) is 10.8. The van der Waals surface area contributed by atoms with Crippen molar-refractivity contribution in [2.45, 2.75) is 32.8 Å². The zero-order valence-corrected chi connectivity index (χ0v) is 19.7. The second kappa shape index (κ2) is 8.78. The van der Waals surface area contributed by atoms with Gasteiger partial charge in [0.25, 0.3) is 11.8 Å². The van der Waals surface area contributed by atoms with Gasteiger partial charge in [0.1, 0.15) is 34.5 Å². The summed E-state index contributed by atoms with van der Waals surface area (Å²) in [6.45, 7) is 5.79. The lowest BCUT2D eigenvalue weighted by molar-refractivity contribution is 0.0822. The highest BCUT2D eigenvalue weighted by atomic mass is 19.1. The molecular formula is C26H26FN3O4. The molecule has 1 aliphatic rings. The number of hydrogen-bond acceptors (Lipinski definition) is 5. The fourth-order valence-corrected chi connectivity index (χ4v) is 3.70. The van der Waals surface area contributed by atoms with Crippen LogP contribution in [0.4, 0.5) is 10.2 Å². The molecule has 0 saturated carbocycles. The molecule has 1 aromatic heterocycles. The fourth-order valence-electron chi connectivity index (χ4n) is 3.70. The normalized spacial score (nSPS) is 13.6. The lowest BCUT2D eigenvalue weighted by Crippen LogP contribution is -2.24. The molecule has 0 saturated heterocycles. The van der Waals surface area contributed by atoms with Crippen molar-refractivity contribution >= 4 is 17.6 Å². The number of nitrogens with zero attached hydrogens (tertiary/aromatic N) is 2. The predicted molar refractivity (Wildman–Crippen MR) is 126 cm³/mol. The number of carbonyl (C=O) groups is 2. The predicted octanol–water partition coefficient (Wildman–Crippen LogP) is 4.99. The molecule has 0 atom stereocenters. The van der Waals surface area contributed by atoms with Crippen LogP contribution in [-0.2, 0) is 6.42 Å². The van der Waals surface area contributed by atoms with E-state index < -0.39 is 17.3 Å². The third-order valence-electron chi connectivity index (χ3n) is 5.38. The summed E-state index contributed by atoms with van der Waals surface area (Å²) in [5.74, 6) is 0.0312. The minimum absolute atomic E-state index is 0.0502. The van der Waals surface area contributed by atoms with Crippen molar-refractivity contribution < 1.29 is 23.5 Å². The van der Waals surface area contributed by atoms with Crippen LogP contribution in [0, 0.1) is 12.7 Å². The number of fused-ring (bicyclic) bond motifs is 1. The Labute approximate surface area is 197 Å². The number of pyridine rings is 1. The molecule has 8 heteroatoms. The number of carbonyl (C=O) groups excluding carboxylic acids is 2. The second-order valence-electron chi connectivity index (χ2n) is 9.11. The highest BCUT2D eigenvalue weighted by Gasteiger charge is 2.34. The molecule has 4 rings (SSSR count). The van der Waals surface area contributed by atoms with Crippen LogP contribution in [0.15, 0.2) is 48.7 Å². The number of anilines is 1. The first kappa shape index (κ1) is 23.2. The van der Waals surface area contributed by atoms with Crippen molar-refractivity contribution in [1.29, 1.82) is 0 Å². The molecule has 0 radical (unpaired) electrons. The van der Waals surface area contributed by atoms with Gasteiger partial charge in [0, 0.05) is 43.9 Å². The molecule has 7 nitrogen and oxygen atoms in total. The van der Waals surface area contributed by atoms with E-state index in [4.69, 9.17) is 9.47 Å². The third kappa shape index (κ3) is 4.85. The Bertz CT molecular complexity index is 1270. The van der Waals surface area contributed by atoms with E-state index in [9.17, 15) is 14.0 Å². The number of rotatable bonds is 5. The van der Waals surface area contributed by atoms with Gasteiger partial charge in [-0.2, -0.15) is 0 Å². The van der Waals surface area contributed by atoms with E-state index in [1.165, 1.54) is 17.0 Å². The van der Waals surface area contributed by atoms with Gasteiger partial charge in [-0.05, 0) is 56.7 Å². The molecule has 2 aromatic carbocycles. The second-order valence-corrected chi connectivity index (χ2v) is 9.11. The highest BCUT2D eigenvalue weighted by molar-refractivity contribution is 6.04. The van der Waals surface area contributed by atoms with Gasteiger partial charge in [-0.1, -0.05) is 6.07 Å². The molecule has 34 heavy (non-hydrogen) atoms. The van der Waals surface area contributed by atoms with Crippen LogP contribution < -0.4 is 14.8 Å². The summed E-state index contributed by atoms with van der Waals surface area (Å²) < 4.78 is 26.7. The Morgan fingerprint density at radius 1 is 1.15 bits per heavy atom. The molecule has 0 bridgehead atoms. The van der Waals surface area contributed by atoms with Gasteiger partial charge < -0.3 is 19.7 Å². The van der Waals surface area contributed by atoms with Gasteiger partial charge in [-0.15, -0.1) is 0 Å². The van der Waals surface area contributed by atoms with Gasteiger partial charge in [0.05, 0.1) is 5.56 Å². The van der Waals surface area contributed by atoms with E-state index in [-0.39, 0.29) is 17.2 Å². The van der Waals surface area contributed by atoms with Crippen molar-refractivity contribution in [1.82, 2.24) is 9.88 Å². The minimum Gasteiger partial charge on any atom is -0.487 e. The lowest BCUT2D eigenvalue weighted by Gasteiger charge is -2.16. The Balaban J connectivity index is 1.66. The van der Waals surface area contributed by atoms with Crippen LogP contribution >= 0.6 is 0 Å². The zero-order valence-electron chi connectivity index (χ0n) is 19.7. The van der Waals surface area contributed by atoms with Crippen molar-refractivity contribution in [2.24, 2.45) is 0 Å². The van der Waals surface area contributed by atoms with Gasteiger partial charge >= 0.3 is 0 Å². The van der Waals surface area contributed by atoms with Crippen LogP contribution in [0.25, 0.3) is 0 Å². The molecule has 1 N–H and O–H groups in total. The highest BCUT2D eigenvalue weighted by Crippen LogP contribution is 2.43. The Hall–Kier alpha value is -3.94. The van der Waals surface area contributed by atoms with Gasteiger partial charge in [-0.3, -0.25) is 9.59 Å². The summed E-state index contributed by atoms with van der Waals surface area (Å²) in [5, 5.41) is 2.76. The summed E-state index contributed by atoms with van der Waals surface area (Å²) in [6, 6.07) is 10.9. The van der Waals surface area contributed by atoms with Crippen molar-refractivity contribution in [2.75, 3.05) is 19.4 Å². The van der Waals surface area contributed by atoms with E-state index in [1.54, 1.807) is 38.5 Å². The Kier molecular flexibility index (Phi) is 6.00. The summed E-state index contributed by atoms with van der Waals surface area (Å²) in [5.41, 5.74) is 1.54. The van der Waals surface area contributed by atoms with Crippen molar-refractivity contribution in [3.63, 3.8) is 0 Å². The number of aryl methyl sites for hydroxylation is 1. The topological polar surface area (TPSA) is 80.8 Å². The molecule has 0 unspecified atom stereocenters. The van der Waals surface area contributed by atoms with E-state index in [0.29, 0.717) is 29.3 Å². The average molecular weight is 464 g/mol. The van der Waals surface area contributed by atoms with Crippen LogP contribution in [0.3, 0.4) is 0 Å². The molecule has 0 fully saturated rings. The van der Waals surface area contributed by atoms with Crippen LogP contribution in [0.1, 0.15) is 45.7 Å². The smallest absolute Gasteiger partial charge is 0.257 e. The zero-order chi connectivity index (χ0) is 24.6. The van der Waals surface area contributed by atoms with E-state index >= 15 is 0 Å². The molecule has 2 amide bonds. The molecule has 3 aromatic rings. The monoisotopic (exact) mass is 463 g/mol. The van der Waals surface area contributed by atoms with Crippen LogP contribution in [-0.4, -0.2) is 41.4 Å². The SMILES string of the molecule is Cc1ccc(NC(=O)c2cc(Oc3ccc(C(=O)N(C)C)c(F)c3)c3c(c2)OC(C)(C)C3)nc1. The van der Waals surface area contributed by atoms with Crippen LogP contribution in [0.2, 0.25) is 0 Å². The van der Waals surface area contributed by atoms with Gasteiger partial charge in [0.2, 0.25) is 0 Å². The van der Waals surface area contributed by atoms with E-state index in [0.717, 1.165) is 17.2 Å². The third-order valence-corrected chi connectivity index (χ3v) is 5.38. The summed E-state index contributed by atoms with van der Waals surface area (Å²) in [6.07, 6.45) is 2.22. The van der Waals surface area contributed by atoms with E-state index in [2.05, 4.69) is 10.3 Å². The standard InChI is InChI=1S/C26H26FN3O4/c1-15-6-9-23(28-14-15)29-24(31)16-10-21(19-13-26(2,3)34-22(19)11-16)33-17-7-8-18(20(27)12-17)25(32)30(4)5/h6-12,14H,13H2,1-5H3,(H,28,29,31). The first-order valence-electron chi connectivity index (χ1n) is 10.8. The maximum Gasteiger partial charge on any atom is 0.257 e. The quantitative estimate of drug-likeness (QED) is 0.577. The molecule has 0 aliphatic carbocycles. The van der Waals surface area contributed by atoms with E-state index in [1.807, 2.05) is 26.8 Å². The molecule has 1 aliphatic heterocycles. The fraction of sp³-hybridized carbons (Fsp3) is 0.269. The first-order chi connectivity index (χ1) is 16.0. The van der Waals surface area contributed by atoms with Gasteiger partial charge in [-0.25, -0.2) is 9.37 Å². The molecule has 2 heterocycles. The number of nitrogens with one attached hydrogen (secondary N) is 1. The summed E-state index contributed by atoms with van der Waals surface area (Å²) in [7, 11) is 3.11. The molecular weight excluding hydrogens is 437 g/mol. The number of aromatic nitrogens is 1. The van der Waals surface area contributed by atoms with Gasteiger partial charge in [0.15, 0.2) is 0 Å². The summed E-state index contributed by atoms with van der Waals surface area (Å²) in [4.78, 5) is 30.6. The maximum atomic E-state index is 14.6.